The monoisotopic (exact) mass is 430 g/mol. The first-order valence-electron chi connectivity index (χ1n) is 9.88. The molecule has 3 aromatic carbocycles. The Morgan fingerprint density at radius 3 is 2.42 bits per heavy atom. The molecule has 4 rings (SSSR count). The maximum absolute atomic E-state index is 13.0. The van der Waals surface area contributed by atoms with Crippen LogP contribution in [0.4, 0.5) is 0 Å². The lowest BCUT2D eigenvalue weighted by atomic mass is 10.1. The van der Waals surface area contributed by atoms with Crippen LogP contribution in [0.2, 0.25) is 0 Å². The number of carbonyl (C=O) groups excluding carboxylic acids is 1. The highest BCUT2D eigenvalue weighted by Gasteiger charge is 2.19. The van der Waals surface area contributed by atoms with E-state index in [-0.39, 0.29) is 10.8 Å². The summed E-state index contributed by atoms with van der Waals surface area (Å²) in [6.45, 7) is 4.03. The van der Waals surface area contributed by atoms with E-state index in [0.29, 0.717) is 17.0 Å². The molecular weight excluding hydrogens is 408 g/mol. The third-order valence-corrected chi connectivity index (χ3v) is 7.14. The number of rotatable bonds is 5. The Hall–Kier alpha value is -3.51. The predicted molar refractivity (Wildman–Crippen MR) is 121 cm³/mol. The Kier molecular flexibility index (Phi) is 5.57. The average molecular weight is 431 g/mol. The lowest BCUT2D eigenvalue weighted by Crippen LogP contribution is -2.22. The van der Waals surface area contributed by atoms with Crippen molar-refractivity contribution in [3.63, 3.8) is 0 Å². The van der Waals surface area contributed by atoms with Gasteiger partial charge in [0.25, 0.3) is 5.91 Å². The molecule has 156 valence electrons. The van der Waals surface area contributed by atoms with Crippen molar-refractivity contribution < 1.29 is 13.2 Å². The number of hydrogen-bond acceptors (Lipinski definition) is 4. The van der Waals surface area contributed by atoms with Gasteiger partial charge in [0.2, 0.25) is 9.84 Å². The molecule has 0 saturated carbocycles. The summed E-state index contributed by atoms with van der Waals surface area (Å²) in [6.07, 6.45) is 3.44. The quantitative estimate of drug-likeness (QED) is 0.501. The van der Waals surface area contributed by atoms with E-state index in [9.17, 15) is 13.2 Å². The summed E-state index contributed by atoms with van der Waals surface area (Å²) in [4.78, 5) is 17.1. The fraction of sp³-hybridized carbons (Fsp3) is 0.120. The number of benzene rings is 3. The van der Waals surface area contributed by atoms with Crippen LogP contribution in [0.5, 0.6) is 0 Å². The molecule has 0 radical (unpaired) electrons. The summed E-state index contributed by atoms with van der Waals surface area (Å²) in [7, 11) is -3.59. The van der Waals surface area contributed by atoms with Crippen molar-refractivity contribution in [1.29, 1.82) is 0 Å². The summed E-state index contributed by atoms with van der Waals surface area (Å²) >= 11 is 0. The Morgan fingerprint density at radius 2 is 1.68 bits per heavy atom. The molecule has 4 aromatic rings. The SMILES string of the molecule is Cc1ccc(S(=O)(=O)c2ccc(CNC(=O)c3ccc4ccncc4c3)cc2)c(C)c1. The lowest BCUT2D eigenvalue weighted by Gasteiger charge is -2.10. The molecule has 1 heterocycles. The van der Waals surface area contributed by atoms with Gasteiger partial charge in [0.15, 0.2) is 0 Å². The Bertz CT molecular complexity index is 1380. The molecule has 6 heteroatoms. The molecule has 0 unspecified atom stereocenters. The van der Waals surface area contributed by atoms with Crippen LogP contribution in [-0.2, 0) is 16.4 Å². The van der Waals surface area contributed by atoms with Crippen molar-refractivity contribution in [3.05, 3.63) is 101 Å². The second-order valence-electron chi connectivity index (χ2n) is 7.54. The maximum atomic E-state index is 13.0. The molecule has 0 aliphatic heterocycles. The summed E-state index contributed by atoms with van der Waals surface area (Å²) in [5.74, 6) is -0.197. The fourth-order valence-electron chi connectivity index (χ4n) is 3.52. The fourth-order valence-corrected chi connectivity index (χ4v) is 5.00. The Labute approximate surface area is 181 Å². The van der Waals surface area contributed by atoms with Gasteiger partial charge in [0.05, 0.1) is 9.79 Å². The number of aryl methyl sites for hydroxylation is 2. The third kappa shape index (κ3) is 4.34. The first-order chi connectivity index (χ1) is 14.8. The number of amides is 1. The summed E-state index contributed by atoms with van der Waals surface area (Å²) in [6, 6.07) is 19.3. The van der Waals surface area contributed by atoms with Crippen molar-refractivity contribution in [2.75, 3.05) is 0 Å². The molecule has 0 aliphatic carbocycles. The number of hydrogen-bond donors (Lipinski definition) is 1. The topological polar surface area (TPSA) is 76.1 Å². The Balaban J connectivity index is 1.47. The molecule has 0 atom stereocenters. The van der Waals surface area contributed by atoms with Crippen LogP contribution in [0.15, 0.2) is 88.9 Å². The van der Waals surface area contributed by atoms with E-state index in [2.05, 4.69) is 10.3 Å². The van der Waals surface area contributed by atoms with Gasteiger partial charge >= 0.3 is 0 Å². The second kappa shape index (κ2) is 8.32. The minimum absolute atomic E-state index is 0.197. The van der Waals surface area contributed by atoms with Gasteiger partial charge in [0, 0.05) is 29.9 Å². The molecule has 31 heavy (non-hydrogen) atoms. The Morgan fingerprint density at radius 1 is 0.903 bits per heavy atom. The third-order valence-electron chi connectivity index (χ3n) is 5.21. The second-order valence-corrected chi connectivity index (χ2v) is 9.45. The largest absolute Gasteiger partial charge is 0.348 e. The molecule has 0 bridgehead atoms. The molecule has 1 N–H and O–H groups in total. The number of nitrogens with zero attached hydrogens (tertiary/aromatic N) is 1. The van der Waals surface area contributed by atoms with Gasteiger partial charge in [-0.2, -0.15) is 0 Å². The minimum Gasteiger partial charge on any atom is -0.348 e. The molecule has 0 saturated heterocycles. The normalized spacial score (nSPS) is 11.4. The van der Waals surface area contributed by atoms with E-state index >= 15 is 0 Å². The predicted octanol–water partition coefficient (Wildman–Crippen LogP) is 4.61. The van der Waals surface area contributed by atoms with Crippen LogP contribution in [-0.4, -0.2) is 19.3 Å². The van der Waals surface area contributed by atoms with Crippen molar-refractivity contribution >= 4 is 26.5 Å². The zero-order chi connectivity index (χ0) is 22.0. The van der Waals surface area contributed by atoms with Gasteiger partial charge in [-0.1, -0.05) is 35.9 Å². The average Bonchev–Trinajstić information content (AvgIpc) is 2.77. The first-order valence-corrected chi connectivity index (χ1v) is 11.4. The molecule has 0 spiro atoms. The molecule has 0 aliphatic rings. The molecule has 1 amide bonds. The first kappa shape index (κ1) is 20.8. The minimum atomic E-state index is -3.59. The highest BCUT2D eigenvalue weighted by Crippen LogP contribution is 2.25. The van der Waals surface area contributed by atoms with Crippen LogP contribution in [0, 0.1) is 13.8 Å². The highest BCUT2D eigenvalue weighted by molar-refractivity contribution is 7.91. The molecule has 5 nitrogen and oxygen atoms in total. The van der Waals surface area contributed by atoms with Crippen LogP contribution in [0.3, 0.4) is 0 Å². The van der Waals surface area contributed by atoms with Crippen LogP contribution < -0.4 is 5.32 Å². The number of sulfone groups is 1. The van der Waals surface area contributed by atoms with Gasteiger partial charge in [-0.15, -0.1) is 0 Å². The van der Waals surface area contributed by atoms with E-state index in [1.165, 1.54) is 0 Å². The van der Waals surface area contributed by atoms with Crippen LogP contribution in [0.25, 0.3) is 10.8 Å². The highest BCUT2D eigenvalue weighted by atomic mass is 32.2. The van der Waals surface area contributed by atoms with Gasteiger partial charge in [-0.3, -0.25) is 9.78 Å². The number of nitrogens with one attached hydrogen (secondary N) is 1. The number of aromatic nitrogens is 1. The lowest BCUT2D eigenvalue weighted by molar-refractivity contribution is 0.0951. The van der Waals surface area contributed by atoms with Crippen LogP contribution in [0.1, 0.15) is 27.0 Å². The standard InChI is InChI=1S/C25H22N2O3S/c1-17-3-10-24(18(2)13-17)31(29,30)23-8-4-19(5-9-23)15-27-25(28)21-7-6-20-11-12-26-16-22(20)14-21/h3-14,16H,15H2,1-2H3,(H,27,28). The van der Waals surface area contributed by atoms with Crippen molar-refractivity contribution in [1.82, 2.24) is 10.3 Å². The van der Waals surface area contributed by atoms with E-state index < -0.39 is 9.84 Å². The summed E-state index contributed by atoms with van der Waals surface area (Å²) in [5, 5.41) is 4.80. The molecule has 1 aromatic heterocycles. The van der Waals surface area contributed by atoms with Crippen molar-refractivity contribution in [2.24, 2.45) is 0 Å². The van der Waals surface area contributed by atoms with E-state index in [4.69, 9.17) is 0 Å². The zero-order valence-electron chi connectivity index (χ0n) is 17.3. The summed E-state index contributed by atoms with van der Waals surface area (Å²) < 4.78 is 25.9. The molecular formula is C25H22N2O3S. The number of fused-ring (bicyclic) bond motifs is 1. The van der Waals surface area contributed by atoms with Crippen molar-refractivity contribution in [2.45, 2.75) is 30.2 Å². The summed E-state index contributed by atoms with van der Waals surface area (Å²) in [5.41, 5.74) is 3.11. The zero-order valence-corrected chi connectivity index (χ0v) is 18.1. The molecule has 0 fully saturated rings. The van der Waals surface area contributed by atoms with E-state index in [1.54, 1.807) is 67.8 Å². The van der Waals surface area contributed by atoms with Gasteiger partial charge in [-0.25, -0.2) is 8.42 Å². The van der Waals surface area contributed by atoms with E-state index in [0.717, 1.165) is 27.5 Å². The smallest absolute Gasteiger partial charge is 0.251 e. The maximum Gasteiger partial charge on any atom is 0.251 e. The van der Waals surface area contributed by atoms with Crippen LogP contribution >= 0.6 is 0 Å². The van der Waals surface area contributed by atoms with Gasteiger partial charge < -0.3 is 5.32 Å². The van der Waals surface area contributed by atoms with Crippen molar-refractivity contribution in [3.8, 4) is 0 Å². The van der Waals surface area contributed by atoms with E-state index in [1.807, 2.05) is 25.1 Å². The van der Waals surface area contributed by atoms with Gasteiger partial charge in [0.1, 0.15) is 0 Å². The number of carbonyl (C=O) groups is 1. The number of pyridine rings is 1. The van der Waals surface area contributed by atoms with Gasteiger partial charge in [-0.05, 0) is 66.8 Å².